The summed E-state index contributed by atoms with van der Waals surface area (Å²) in [7, 11) is 0. The van der Waals surface area contributed by atoms with Crippen molar-refractivity contribution in [2.75, 3.05) is 5.32 Å². The van der Waals surface area contributed by atoms with Gasteiger partial charge in [-0.05, 0) is 18.2 Å². The van der Waals surface area contributed by atoms with E-state index in [1.54, 1.807) is 0 Å². The molecule has 0 saturated heterocycles. The van der Waals surface area contributed by atoms with Crippen LogP contribution in [0.25, 0.3) is 0 Å². The molecule has 0 atom stereocenters. The Bertz CT molecular complexity index is 606. The van der Waals surface area contributed by atoms with Crippen molar-refractivity contribution < 1.29 is 4.39 Å². The zero-order valence-corrected chi connectivity index (χ0v) is 10.5. The van der Waals surface area contributed by atoms with Crippen molar-refractivity contribution in [1.82, 2.24) is 4.98 Å². The molecule has 2 rings (SSSR count). The molecular weight excluding hydrogens is 284 g/mol. The van der Waals surface area contributed by atoms with E-state index in [9.17, 15) is 4.39 Å². The van der Waals surface area contributed by atoms with E-state index in [1.807, 2.05) is 6.07 Å². The number of nitrogens with zero attached hydrogens (tertiary/aromatic N) is 2. The van der Waals surface area contributed by atoms with E-state index in [2.05, 4.69) is 10.3 Å². The van der Waals surface area contributed by atoms with E-state index < -0.39 is 5.82 Å². The smallest absolute Gasteiger partial charge is 0.189 e. The third-order valence-electron chi connectivity index (χ3n) is 1.86. The molecule has 0 aliphatic heterocycles. The molecule has 0 bridgehead atoms. The quantitative estimate of drug-likeness (QED) is 0.900. The normalized spacial score (nSPS) is 10.0. The SMILES string of the molecule is N#Cc1sc(Nc2ccc(F)c(Cl)c2)nc1Cl. The van der Waals surface area contributed by atoms with Crippen LogP contribution in [0.5, 0.6) is 0 Å². The molecule has 0 amide bonds. The first-order valence-electron chi connectivity index (χ1n) is 4.38. The van der Waals surface area contributed by atoms with E-state index in [4.69, 9.17) is 28.5 Å². The number of benzene rings is 1. The number of aromatic nitrogens is 1. The minimum atomic E-state index is -0.493. The Morgan fingerprint density at radius 3 is 2.76 bits per heavy atom. The van der Waals surface area contributed by atoms with Crippen molar-refractivity contribution in [3.63, 3.8) is 0 Å². The zero-order chi connectivity index (χ0) is 12.4. The number of anilines is 2. The lowest BCUT2D eigenvalue weighted by molar-refractivity contribution is 0.628. The predicted molar refractivity (Wildman–Crippen MR) is 66.5 cm³/mol. The number of hydrogen-bond donors (Lipinski definition) is 1. The van der Waals surface area contributed by atoms with Gasteiger partial charge in [-0.1, -0.05) is 34.5 Å². The highest BCUT2D eigenvalue weighted by Crippen LogP contribution is 2.29. The first-order valence-corrected chi connectivity index (χ1v) is 5.96. The van der Waals surface area contributed by atoms with E-state index >= 15 is 0 Å². The molecule has 2 aromatic rings. The summed E-state index contributed by atoms with van der Waals surface area (Å²) in [5, 5.41) is 12.2. The van der Waals surface area contributed by atoms with Crippen LogP contribution in [-0.2, 0) is 0 Å². The fraction of sp³-hybridized carbons (Fsp3) is 0. The summed E-state index contributed by atoms with van der Waals surface area (Å²) in [4.78, 5) is 4.26. The average molecular weight is 288 g/mol. The van der Waals surface area contributed by atoms with E-state index in [0.29, 0.717) is 15.7 Å². The summed E-state index contributed by atoms with van der Waals surface area (Å²) in [6.07, 6.45) is 0. The number of nitrogens with one attached hydrogen (secondary N) is 1. The lowest BCUT2D eigenvalue weighted by atomic mass is 10.3. The molecular formula is C10H4Cl2FN3S. The van der Waals surface area contributed by atoms with Crippen molar-refractivity contribution in [2.45, 2.75) is 0 Å². The molecule has 0 aliphatic carbocycles. The van der Waals surface area contributed by atoms with Crippen molar-refractivity contribution in [3.8, 4) is 6.07 Å². The topological polar surface area (TPSA) is 48.7 Å². The first kappa shape index (κ1) is 12.1. The molecule has 1 aromatic heterocycles. The third kappa shape index (κ3) is 2.67. The number of rotatable bonds is 2. The fourth-order valence-electron chi connectivity index (χ4n) is 1.12. The summed E-state index contributed by atoms with van der Waals surface area (Å²) >= 11 is 12.5. The number of nitriles is 1. The Morgan fingerprint density at radius 1 is 1.41 bits per heavy atom. The summed E-state index contributed by atoms with van der Waals surface area (Å²) in [6, 6.07) is 6.11. The second kappa shape index (κ2) is 4.88. The summed E-state index contributed by atoms with van der Waals surface area (Å²) in [6.45, 7) is 0. The molecule has 0 unspecified atom stereocenters. The molecule has 1 heterocycles. The van der Waals surface area contributed by atoms with Gasteiger partial charge in [0.05, 0.1) is 5.02 Å². The third-order valence-corrected chi connectivity index (χ3v) is 3.41. The largest absolute Gasteiger partial charge is 0.331 e. The summed E-state index contributed by atoms with van der Waals surface area (Å²) in [5.74, 6) is -0.493. The standard InChI is InChI=1S/C10H4Cl2FN3S/c11-6-3-5(1-2-7(6)13)15-10-16-9(12)8(4-14)17-10/h1-3H,(H,15,16). The van der Waals surface area contributed by atoms with Gasteiger partial charge in [0.25, 0.3) is 0 Å². The van der Waals surface area contributed by atoms with Crippen LogP contribution in [0.15, 0.2) is 18.2 Å². The highest BCUT2D eigenvalue weighted by atomic mass is 35.5. The first-order chi connectivity index (χ1) is 8.10. The van der Waals surface area contributed by atoms with Gasteiger partial charge in [0.15, 0.2) is 10.3 Å². The molecule has 0 spiro atoms. The molecule has 0 fully saturated rings. The maximum Gasteiger partial charge on any atom is 0.189 e. The molecule has 1 N–H and O–H groups in total. The van der Waals surface area contributed by atoms with Crippen molar-refractivity contribution in [3.05, 3.63) is 39.1 Å². The predicted octanol–water partition coefficient (Wildman–Crippen LogP) is 4.20. The fourth-order valence-corrected chi connectivity index (χ4v) is 2.27. The summed E-state index contributed by atoms with van der Waals surface area (Å²) in [5.41, 5.74) is 0.575. The molecule has 0 saturated carbocycles. The molecule has 0 radical (unpaired) electrons. The van der Waals surface area contributed by atoms with Gasteiger partial charge in [0.1, 0.15) is 16.8 Å². The Morgan fingerprint density at radius 2 is 2.18 bits per heavy atom. The van der Waals surface area contributed by atoms with Crippen molar-refractivity contribution in [1.29, 1.82) is 5.26 Å². The maximum atomic E-state index is 12.9. The molecule has 17 heavy (non-hydrogen) atoms. The monoisotopic (exact) mass is 287 g/mol. The average Bonchev–Trinajstić information content (AvgIpc) is 2.64. The number of hydrogen-bond acceptors (Lipinski definition) is 4. The minimum Gasteiger partial charge on any atom is -0.331 e. The van der Waals surface area contributed by atoms with Crippen LogP contribution < -0.4 is 5.32 Å². The zero-order valence-electron chi connectivity index (χ0n) is 8.17. The molecule has 0 aliphatic rings. The van der Waals surface area contributed by atoms with Crippen LogP contribution in [0, 0.1) is 17.1 Å². The molecule has 3 nitrogen and oxygen atoms in total. The highest BCUT2D eigenvalue weighted by Gasteiger charge is 2.09. The van der Waals surface area contributed by atoms with Gasteiger partial charge in [-0.2, -0.15) is 5.26 Å². The summed E-state index contributed by atoms with van der Waals surface area (Å²) < 4.78 is 12.9. The van der Waals surface area contributed by atoms with Crippen LogP contribution in [0.2, 0.25) is 10.2 Å². The lowest BCUT2D eigenvalue weighted by Crippen LogP contribution is -1.89. The maximum absolute atomic E-state index is 12.9. The van der Waals surface area contributed by atoms with Crippen LogP contribution >= 0.6 is 34.5 Å². The lowest BCUT2D eigenvalue weighted by Gasteiger charge is -2.02. The van der Waals surface area contributed by atoms with Gasteiger partial charge in [-0.3, -0.25) is 0 Å². The van der Waals surface area contributed by atoms with Gasteiger partial charge < -0.3 is 5.32 Å². The molecule has 7 heteroatoms. The van der Waals surface area contributed by atoms with E-state index in [0.717, 1.165) is 11.3 Å². The Labute approximate surface area is 110 Å². The van der Waals surface area contributed by atoms with Gasteiger partial charge in [-0.15, -0.1) is 0 Å². The molecule has 1 aromatic carbocycles. The Kier molecular flexibility index (Phi) is 3.48. The van der Waals surface area contributed by atoms with Crippen LogP contribution in [-0.4, -0.2) is 4.98 Å². The second-order valence-corrected chi connectivity index (χ2v) is 4.77. The Hall–Kier alpha value is -1.35. The van der Waals surface area contributed by atoms with Crippen molar-refractivity contribution >= 4 is 45.4 Å². The minimum absolute atomic E-state index is 0.0122. The Balaban J connectivity index is 2.25. The number of halogens is 3. The van der Waals surface area contributed by atoms with Gasteiger partial charge in [0, 0.05) is 5.69 Å². The second-order valence-electron chi connectivity index (χ2n) is 3.00. The van der Waals surface area contributed by atoms with Crippen LogP contribution in [0.4, 0.5) is 15.2 Å². The van der Waals surface area contributed by atoms with Crippen molar-refractivity contribution in [2.24, 2.45) is 0 Å². The molecule has 86 valence electrons. The van der Waals surface area contributed by atoms with Crippen LogP contribution in [0.3, 0.4) is 0 Å². The van der Waals surface area contributed by atoms with E-state index in [-0.39, 0.29) is 10.2 Å². The van der Waals surface area contributed by atoms with Gasteiger partial charge in [-0.25, -0.2) is 9.37 Å². The van der Waals surface area contributed by atoms with Gasteiger partial charge in [0.2, 0.25) is 0 Å². The number of thiazole rings is 1. The van der Waals surface area contributed by atoms with E-state index in [1.165, 1.54) is 18.2 Å². The highest BCUT2D eigenvalue weighted by molar-refractivity contribution is 7.16. The van der Waals surface area contributed by atoms with Crippen LogP contribution in [0.1, 0.15) is 4.88 Å². The van der Waals surface area contributed by atoms with Gasteiger partial charge >= 0.3 is 0 Å².